The number of hydrogen-bond acceptors (Lipinski definition) is 3. The van der Waals surface area contributed by atoms with Crippen LogP contribution in [0.15, 0.2) is 28.8 Å². The van der Waals surface area contributed by atoms with Gasteiger partial charge in [0.2, 0.25) is 0 Å². The van der Waals surface area contributed by atoms with E-state index in [0.717, 1.165) is 18.2 Å². The SMILES string of the molecule is CNc1ncc(-c2cc(F)ccc2F)o1. The normalized spacial score (nSPS) is 10.3. The van der Waals surface area contributed by atoms with Gasteiger partial charge in [-0.15, -0.1) is 0 Å². The number of anilines is 1. The number of halogens is 2. The predicted molar refractivity (Wildman–Crippen MR) is 51.4 cm³/mol. The summed E-state index contributed by atoms with van der Waals surface area (Å²) in [7, 11) is 1.62. The molecule has 5 heteroatoms. The molecule has 2 rings (SSSR count). The molecule has 0 unspecified atom stereocenters. The number of nitrogens with zero attached hydrogens (tertiary/aromatic N) is 1. The first kappa shape index (κ1) is 9.64. The standard InChI is InChI=1S/C10H8F2N2O/c1-13-10-14-5-9(15-10)7-4-6(11)2-3-8(7)12/h2-5H,1H3,(H,13,14). The van der Waals surface area contributed by atoms with Crippen LogP contribution in [0.4, 0.5) is 14.8 Å². The molecule has 1 N–H and O–H groups in total. The first-order chi connectivity index (χ1) is 7.20. The first-order valence-electron chi connectivity index (χ1n) is 4.29. The summed E-state index contributed by atoms with van der Waals surface area (Å²) in [4.78, 5) is 3.81. The van der Waals surface area contributed by atoms with Crippen LogP contribution < -0.4 is 5.32 Å². The van der Waals surface area contributed by atoms with Crippen LogP contribution in [0.25, 0.3) is 11.3 Å². The summed E-state index contributed by atoms with van der Waals surface area (Å²) < 4.78 is 31.3. The van der Waals surface area contributed by atoms with Crippen LogP contribution in [0.5, 0.6) is 0 Å². The molecule has 0 bridgehead atoms. The van der Waals surface area contributed by atoms with Gasteiger partial charge in [0, 0.05) is 7.05 Å². The average Bonchev–Trinajstić information content (AvgIpc) is 2.70. The van der Waals surface area contributed by atoms with Gasteiger partial charge in [0.15, 0.2) is 5.76 Å². The molecule has 0 atom stereocenters. The van der Waals surface area contributed by atoms with E-state index in [1.54, 1.807) is 7.05 Å². The molecule has 78 valence electrons. The summed E-state index contributed by atoms with van der Waals surface area (Å²) in [6.07, 6.45) is 1.34. The van der Waals surface area contributed by atoms with Gasteiger partial charge in [-0.25, -0.2) is 13.8 Å². The molecule has 1 aromatic heterocycles. The highest BCUT2D eigenvalue weighted by atomic mass is 19.1. The zero-order chi connectivity index (χ0) is 10.8. The van der Waals surface area contributed by atoms with Crippen LogP contribution in [0.3, 0.4) is 0 Å². The van der Waals surface area contributed by atoms with Crippen molar-refractivity contribution in [2.75, 3.05) is 12.4 Å². The van der Waals surface area contributed by atoms with E-state index >= 15 is 0 Å². The van der Waals surface area contributed by atoms with E-state index in [0.29, 0.717) is 0 Å². The zero-order valence-electron chi connectivity index (χ0n) is 7.92. The van der Waals surface area contributed by atoms with E-state index in [4.69, 9.17) is 4.42 Å². The molecule has 0 fully saturated rings. The number of hydrogen-bond donors (Lipinski definition) is 1. The minimum atomic E-state index is -0.546. The summed E-state index contributed by atoms with van der Waals surface area (Å²) in [5.74, 6) is -0.875. The zero-order valence-corrected chi connectivity index (χ0v) is 7.92. The summed E-state index contributed by atoms with van der Waals surface area (Å²) in [5, 5.41) is 2.66. The Balaban J connectivity index is 2.48. The van der Waals surface area contributed by atoms with Crippen molar-refractivity contribution in [2.45, 2.75) is 0 Å². The van der Waals surface area contributed by atoms with Crippen molar-refractivity contribution < 1.29 is 13.2 Å². The van der Waals surface area contributed by atoms with E-state index in [1.807, 2.05) is 0 Å². The first-order valence-corrected chi connectivity index (χ1v) is 4.29. The molecule has 0 radical (unpaired) electrons. The molecule has 0 aliphatic heterocycles. The largest absolute Gasteiger partial charge is 0.423 e. The fourth-order valence-corrected chi connectivity index (χ4v) is 1.20. The van der Waals surface area contributed by atoms with Crippen molar-refractivity contribution in [3.63, 3.8) is 0 Å². The summed E-state index contributed by atoms with van der Waals surface area (Å²) in [5.41, 5.74) is 0.0593. The van der Waals surface area contributed by atoms with E-state index in [2.05, 4.69) is 10.3 Å². The Morgan fingerprint density at radius 2 is 2.13 bits per heavy atom. The lowest BCUT2D eigenvalue weighted by Gasteiger charge is -1.98. The van der Waals surface area contributed by atoms with Gasteiger partial charge in [-0.1, -0.05) is 0 Å². The van der Waals surface area contributed by atoms with Crippen LogP contribution in [0.2, 0.25) is 0 Å². The van der Waals surface area contributed by atoms with Gasteiger partial charge in [0.1, 0.15) is 11.6 Å². The Hall–Kier alpha value is -1.91. The van der Waals surface area contributed by atoms with E-state index < -0.39 is 11.6 Å². The van der Waals surface area contributed by atoms with Crippen molar-refractivity contribution >= 4 is 6.01 Å². The Labute approximate surface area is 84.7 Å². The number of nitrogens with one attached hydrogen (secondary N) is 1. The Bertz CT molecular complexity index is 482. The minimum absolute atomic E-state index is 0.0593. The Morgan fingerprint density at radius 3 is 2.80 bits per heavy atom. The highest BCUT2D eigenvalue weighted by molar-refractivity contribution is 5.58. The predicted octanol–water partition coefficient (Wildman–Crippen LogP) is 2.66. The van der Waals surface area contributed by atoms with Crippen molar-refractivity contribution in [3.05, 3.63) is 36.0 Å². The molecule has 0 saturated heterocycles. The Kier molecular flexibility index (Phi) is 2.37. The maximum absolute atomic E-state index is 13.3. The molecule has 0 aliphatic carbocycles. The highest BCUT2D eigenvalue weighted by Crippen LogP contribution is 2.25. The molecule has 1 aromatic carbocycles. The maximum atomic E-state index is 13.3. The van der Waals surface area contributed by atoms with Gasteiger partial charge in [-0.05, 0) is 18.2 Å². The minimum Gasteiger partial charge on any atom is -0.423 e. The molecule has 2 aromatic rings. The second-order valence-corrected chi connectivity index (χ2v) is 2.90. The second kappa shape index (κ2) is 3.68. The van der Waals surface area contributed by atoms with Crippen molar-refractivity contribution in [1.82, 2.24) is 4.98 Å². The fourth-order valence-electron chi connectivity index (χ4n) is 1.20. The third-order valence-corrected chi connectivity index (χ3v) is 1.91. The highest BCUT2D eigenvalue weighted by Gasteiger charge is 2.11. The van der Waals surface area contributed by atoms with Crippen LogP contribution in [-0.4, -0.2) is 12.0 Å². The lowest BCUT2D eigenvalue weighted by Crippen LogP contribution is -1.86. The molecule has 0 aliphatic rings. The van der Waals surface area contributed by atoms with Gasteiger partial charge in [-0.2, -0.15) is 0 Å². The quantitative estimate of drug-likeness (QED) is 0.828. The van der Waals surface area contributed by atoms with Crippen LogP contribution in [-0.2, 0) is 0 Å². The molecule has 15 heavy (non-hydrogen) atoms. The van der Waals surface area contributed by atoms with Gasteiger partial charge < -0.3 is 9.73 Å². The monoisotopic (exact) mass is 210 g/mol. The number of aromatic nitrogens is 1. The van der Waals surface area contributed by atoms with E-state index in [9.17, 15) is 8.78 Å². The molecule has 0 amide bonds. The molecular formula is C10H8F2N2O. The van der Waals surface area contributed by atoms with Crippen LogP contribution in [0, 0.1) is 11.6 Å². The lowest BCUT2D eigenvalue weighted by molar-refractivity contribution is 0.569. The van der Waals surface area contributed by atoms with Crippen molar-refractivity contribution in [2.24, 2.45) is 0 Å². The van der Waals surface area contributed by atoms with Crippen LogP contribution >= 0.6 is 0 Å². The molecular weight excluding hydrogens is 202 g/mol. The van der Waals surface area contributed by atoms with Gasteiger partial charge in [-0.3, -0.25) is 0 Å². The molecule has 1 heterocycles. The summed E-state index contributed by atoms with van der Waals surface area (Å²) in [6.45, 7) is 0. The maximum Gasteiger partial charge on any atom is 0.294 e. The topological polar surface area (TPSA) is 38.1 Å². The Morgan fingerprint density at radius 1 is 1.33 bits per heavy atom. The third kappa shape index (κ3) is 1.81. The van der Waals surface area contributed by atoms with Gasteiger partial charge in [0.25, 0.3) is 6.01 Å². The smallest absolute Gasteiger partial charge is 0.294 e. The lowest BCUT2D eigenvalue weighted by atomic mass is 10.2. The number of benzene rings is 1. The average molecular weight is 210 g/mol. The van der Waals surface area contributed by atoms with Crippen molar-refractivity contribution in [1.29, 1.82) is 0 Å². The van der Waals surface area contributed by atoms with E-state index in [-0.39, 0.29) is 17.3 Å². The van der Waals surface area contributed by atoms with Gasteiger partial charge >= 0.3 is 0 Å². The summed E-state index contributed by atoms with van der Waals surface area (Å²) in [6, 6.07) is 3.42. The second-order valence-electron chi connectivity index (χ2n) is 2.90. The van der Waals surface area contributed by atoms with Crippen molar-refractivity contribution in [3.8, 4) is 11.3 Å². The third-order valence-electron chi connectivity index (χ3n) is 1.91. The van der Waals surface area contributed by atoms with E-state index in [1.165, 1.54) is 6.20 Å². The summed E-state index contributed by atoms with van der Waals surface area (Å²) >= 11 is 0. The van der Waals surface area contributed by atoms with Gasteiger partial charge in [0.05, 0.1) is 11.8 Å². The molecule has 0 spiro atoms. The molecule has 3 nitrogen and oxygen atoms in total. The fraction of sp³-hybridized carbons (Fsp3) is 0.100. The number of oxazole rings is 1. The number of rotatable bonds is 2. The van der Waals surface area contributed by atoms with Crippen LogP contribution in [0.1, 0.15) is 0 Å². The molecule has 0 saturated carbocycles.